The molecule has 1 heterocycles. The molecule has 0 saturated heterocycles. The average molecular weight is 295 g/mol. The molecule has 0 fully saturated rings. The number of rotatable bonds is 8. The number of amides is 2. The largest absolute Gasteiger partial charge is 0.481 e. The lowest BCUT2D eigenvalue weighted by Gasteiger charge is -2.14. The van der Waals surface area contributed by atoms with Crippen molar-refractivity contribution in [2.24, 2.45) is 0 Å². The smallest absolute Gasteiger partial charge is 0.326 e. The number of carbonyl (C=O) groups excluding carboxylic acids is 1. The summed E-state index contributed by atoms with van der Waals surface area (Å²) in [5.74, 6) is -0.529. The average Bonchev–Trinajstić information content (AvgIpc) is 2.49. The minimum Gasteiger partial charge on any atom is -0.481 e. The van der Waals surface area contributed by atoms with Crippen LogP contribution in [-0.4, -0.2) is 35.2 Å². The number of nitrogens with one attached hydrogen (secondary N) is 2. The number of carbonyl (C=O) groups is 2. The molecule has 0 saturated carbocycles. The van der Waals surface area contributed by atoms with Crippen molar-refractivity contribution >= 4 is 12.0 Å². The molecule has 0 bridgehead atoms. The molecular weight excluding hydrogens is 274 g/mol. The van der Waals surface area contributed by atoms with Crippen molar-refractivity contribution in [3.05, 3.63) is 23.9 Å². The van der Waals surface area contributed by atoms with Gasteiger partial charge >= 0.3 is 12.0 Å². The molecule has 1 rings (SSSR count). The summed E-state index contributed by atoms with van der Waals surface area (Å²) < 4.78 is 4.94. The van der Waals surface area contributed by atoms with Crippen LogP contribution in [0.3, 0.4) is 0 Å². The summed E-state index contributed by atoms with van der Waals surface area (Å²) in [6.07, 6.45) is 3.64. The van der Waals surface area contributed by atoms with Crippen LogP contribution in [0, 0.1) is 0 Å². The molecule has 0 aromatic carbocycles. The molecule has 3 N–H and O–H groups in total. The number of hydrogen-bond acceptors (Lipinski definition) is 4. The van der Waals surface area contributed by atoms with E-state index in [1.807, 2.05) is 6.92 Å². The number of ether oxygens (including phenoxy) is 1. The zero-order chi connectivity index (χ0) is 15.7. The molecule has 0 unspecified atom stereocenters. The van der Waals surface area contributed by atoms with Gasteiger partial charge in [-0.2, -0.15) is 0 Å². The Morgan fingerprint density at radius 1 is 1.43 bits per heavy atom. The second kappa shape index (κ2) is 8.78. The van der Waals surface area contributed by atoms with Crippen LogP contribution in [0.4, 0.5) is 4.79 Å². The van der Waals surface area contributed by atoms with E-state index < -0.39 is 18.0 Å². The summed E-state index contributed by atoms with van der Waals surface area (Å²) in [4.78, 5) is 26.7. The molecule has 0 aliphatic carbocycles. The molecule has 1 atom stereocenters. The van der Waals surface area contributed by atoms with E-state index in [4.69, 9.17) is 9.84 Å². The highest BCUT2D eigenvalue weighted by atomic mass is 16.5. The van der Waals surface area contributed by atoms with E-state index >= 15 is 0 Å². The van der Waals surface area contributed by atoms with E-state index in [0.717, 1.165) is 18.4 Å². The van der Waals surface area contributed by atoms with Crippen molar-refractivity contribution in [1.29, 1.82) is 0 Å². The lowest BCUT2D eigenvalue weighted by molar-refractivity contribution is -0.139. The van der Waals surface area contributed by atoms with Crippen molar-refractivity contribution in [3.8, 4) is 5.88 Å². The first-order chi connectivity index (χ1) is 10.1. The molecule has 0 radical (unpaired) electrons. The van der Waals surface area contributed by atoms with Gasteiger partial charge in [0.05, 0.1) is 7.11 Å². The van der Waals surface area contributed by atoms with Gasteiger partial charge in [0, 0.05) is 18.8 Å². The first kappa shape index (κ1) is 16.7. The van der Waals surface area contributed by atoms with E-state index in [-0.39, 0.29) is 6.54 Å². The number of pyridine rings is 1. The van der Waals surface area contributed by atoms with Gasteiger partial charge in [-0.1, -0.05) is 25.8 Å². The number of aliphatic carboxylic acids is 1. The van der Waals surface area contributed by atoms with E-state index in [2.05, 4.69) is 15.6 Å². The third-order valence-electron chi connectivity index (χ3n) is 2.91. The van der Waals surface area contributed by atoms with E-state index in [9.17, 15) is 9.59 Å². The third-order valence-corrected chi connectivity index (χ3v) is 2.91. The maximum absolute atomic E-state index is 11.7. The Morgan fingerprint density at radius 2 is 2.19 bits per heavy atom. The van der Waals surface area contributed by atoms with E-state index in [1.165, 1.54) is 7.11 Å². The summed E-state index contributed by atoms with van der Waals surface area (Å²) in [5, 5.41) is 14.1. The highest BCUT2D eigenvalue weighted by Gasteiger charge is 2.18. The molecule has 116 valence electrons. The fraction of sp³-hybridized carbons (Fsp3) is 0.500. The first-order valence-electron chi connectivity index (χ1n) is 6.83. The van der Waals surface area contributed by atoms with Gasteiger partial charge in [0.1, 0.15) is 6.04 Å². The molecule has 1 aromatic rings. The van der Waals surface area contributed by atoms with Crippen LogP contribution in [0.2, 0.25) is 0 Å². The number of urea groups is 1. The van der Waals surface area contributed by atoms with Gasteiger partial charge in [0.25, 0.3) is 0 Å². The van der Waals surface area contributed by atoms with Crippen molar-refractivity contribution in [3.63, 3.8) is 0 Å². The molecule has 0 aliphatic heterocycles. The number of methoxy groups -OCH3 is 1. The summed E-state index contributed by atoms with van der Waals surface area (Å²) in [5.41, 5.74) is 0.798. The second-order valence-corrected chi connectivity index (χ2v) is 4.57. The Morgan fingerprint density at radius 3 is 2.71 bits per heavy atom. The number of carboxylic acid groups (broad SMARTS) is 1. The molecular formula is C14H21N3O4. The van der Waals surface area contributed by atoms with Gasteiger partial charge in [-0.25, -0.2) is 14.6 Å². The van der Waals surface area contributed by atoms with Crippen LogP contribution in [0.25, 0.3) is 0 Å². The molecule has 7 nitrogen and oxygen atoms in total. The number of aromatic nitrogens is 1. The van der Waals surface area contributed by atoms with Crippen LogP contribution < -0.4 is 15.4 Å². The Hall–Kier alpha value is -2.31. The summed E-state index contributed by atoms with van der Waals surface area (Å²) in [6, 6.07) is 2.10. The van der Waals surface area contributed by atoms with Gasteiger partial charge < -0.3 is 20.5 Å². The van der Waals surface area contributed by atoms with Gasteiger partial charge in [-0.05, 0) is 12.0 Å². The Kier molecular flexibility index (Phi) is 7.00. The maximum atomic E-state index is 11.7. The van der Waals surface area contributed by atoms with Crippen molar-refractivity contribution < 1.29 is 19.4 Å². The second-order valence-electron chi connectivity index (χ2n) is 4.57. The predicted molar refractivity (Wildman–Crippen MR) is 77.1 cm³/mol. The highest BCUT2D eigenvalue weighted by Crippen LogP contribution is 2.06. The van der Waals surface area contributed by atoms with E-state index in [1.54, 1.807) is 18.3 Å². The maximum Gasteiger partial charge on any atom is 0.326 e. The minimum absolute atomic E-state index is 0.267. The standard InChI is InChI=1S/C14H21N3O4/c1-3-4-5-11(13(18)19)17-14(20)16-9-10-6-7-12(21-2)15-8-10/h6-8,11H,3-5,9H2,1-2H3,(H,18,19)(H2,16,17,20)/t11-/m0/s1. The lowest BCUT2D eigenvalue weighted by Crippen LogP contribution is -2.45. The fourth-order valence-corrected chi connectivity index (χ4v) is 1.69. The SMILES string of the molecule is CCCC[C@H](NC(=O)NCc1ccc(OC)nc1)C(=O)O. The van der Waals surface area contributed by atoms with Gasteiger partial charge in [0.2, 0.25) is 5.88 Å². The van der Waals surface area contributed by atoms with Crippen LogP contribution in [0.1, 0.15) is 31.7 Å². The summed E-state index contributed by atoms with van der Waals surface area (Å²) in [6.45, 7) is 2.23. The zero-order valence-corrected chi connectivity index (χ0v) is 12.3. The van der Waals surface area contributed by atoms with Gasteiger partial charge in [-0.15, -0.1) is 0 Å². The normalized spacial score (nSPS) is 11.5. The predicted octanol–water partition coefficient (Wildman–Crippen LogP) is 1.53. The number of carboxylic acids is 1. The number of hydrogen-bond donors (Lipinski definition) is 3. The molecule has 0 spiro atoms. The molecule has 7 heteroatoms. The van der Waals surface area contributed by atoms with Gasteiger partial charge in [-0.3, -0.25) is 0 Å². The summed E-state index contributed by atoms with van der Waals surface area (Å²) in [7, 11) is 1.52. The van der Waals surface area contributed by atoms with Crippen LogP contribution in [0.15, 0.2) is 18.3 Å². The van der Waals surface area contributed by atoms with Crippen molar-refractivity contribution in [2.75, 3.05) is 7.11 Å². The molecule has 0 aliphatic rings. The topological polar surface area (TPSA) is 101 Å². The number of unbranched alkanes of at least 4 members (excludes halogenated alkanes) is 1. The van der Waals surface area contributed by atoms with Gasteiger partial charge in [0.15, 0.2) is 0 Å². The quantitative estimate of drug-likeness (QED) is 0.675. The Bertz CT molecular complexity index is 462. The molecule has 1 aromatic heterocycles. The van der Waals surface area contributed by atoms with Crippen LogP contribution in [0.5, 0.6) is 5.88 Å². The zero-order valence-electron chi connectivity index (χ0n) is 12.3. The fourth-order valence-electron chi connectivity index (χ4n) is 1.69. The van der Waals surface area contributed by atoms with Crippen molar-refractivity contribution in [1.82, 2.24) is 15.6 Å². The highest BCUT2D eigenvalue weighted by molar-refractivity contribution is 5.82. The van der Waals surface area contributed by atoms with Crippen LogP contribution in [-0.2, 0) is 11.3 Å². The Labute approximate surface area is 123 Å². The molecule has 2 amide bonds. The first-order valence-corrected chi connectivity index (χ1v) is 6.83. The minimum atomic E-state index is -1.02. The lowest BCUT2D eigenvalue weighted by atomic mass is 10.1. The Balaban J connectivity index is 2.42. The van der Waals surface area contributed by atoms with Crippen molar-refractivity contribution in [2.45, 2.75) is 38.8 Å². The van der Waals surface area contributed by atoms with E-state index in [0.29, 0.717) is 12.3 Å². The third kappa shape index (κ3) is 6.11. The molecule has 21 heavy (non-hydrogen) atoms. The summed E-state index contributed by atoms with van der Waals surface area (Å²) >= 11 is 0. The van der Waals surface area contributed by atoms with Crippen LogP contribution >= 0.6 is 0 Å². The monoisotopic (exact) mass is 295 g/mol. The number of nitrogens with zero attached hydrogens (tertiary/aromatic N) is 1.